The second-order valence-corrected chi connectivity index (χ2v) is 6.68. The van der Waals surface area contributed by atoms with Crippen molar-refractivity contribution in [2.75, 3.05) is 0 Å². The Labute approximate surface area is 124 Å². The number of nitrogens with one attached hydrogen (secondary N) is 2. The summed E-state index contributed by atoms with van der Waals surface area (Å²) in [5, 5.41) is 9.70. The molecule has 0 spiro atoms. The molecule has 1 fully saturated rings. The number of carbonyl (C=O) groups excluding carboxylic acids is 2. The Bertz CT molecular complexity index is 524. The molecule has 1 aliphatic rings. The molecule has 1 aromatic rings. The summed E-state index contributed by atoms with van der Waals surface area (Å²) in [6.07, 6.45) is 2.97. The van der Waals surface area contributed by atoms with E-state index in [1.165, 1.54) is 0 Å². The highest BCUT2D eigenvalue weighted by Gasteiger charge is 2.27. The zero-order chi connectivity index (χ0) is 15.6. The van der Waals surface area contributed by atoms with Crippen molar-refractivity contribution in [3.05, 3.63) is 11.6 Å². The molecule has 0 radical (unpaired) electrons. The van der Waals surface area contributed by atoms with Gasteiger partial charge in [0.05, 0.1) is 0 Å². The Kier molecular flexibility index (Phi) is 4.29. The van der Waals surface area contributed by atoms with E-state index < -0.39 is 0 Å². The van der Waals surface area contributed by atoms with Gasteiger partial charge in [0, 0.05) is 17.4 Å². The first-order valence-electron chi connectivity index (χ1n) is 7.30. The lowest BCUT2D eigenvalue weighted by Gasteiger charge is -2.26. The van der Waals surface area contributed by atoms with Crippen LogP contribution in [-0.4, -0.2) is 33.0 Å². The summed E-state index contributed by atoms with van der Waals surface area (Å²) in [5.74, 6) is 0.268. The second-order valence-electron chi connectivity index (χ2n) is 6.68. The van der Waals surface area contributed by atoms with Gasteiger partial charge in [-0.1, -0.05) is 20.8 Å². The molecule has 2 amide bonds. The van der Waals surface area contributed by atoms with Crippen molar-refractivity contribution >= 4 is 11.8 Å². The first-order valence-corrected chi connectivity index (χ1v) is 7.30. The maximum absolute atomic E-state index is 12.1. The Morgan fingerprint density at radius 1 is 1.24 bits per heavy atom. The minimum atomic E-state index is -0.274. The molecule has 1 saturated carbocycles. The predicted octanol–water partition coefficient (Wildman–Crippen LogP) is 0.876. The van der Waals surface area contributed by atoms with Crippen molar-refractivity contribution in [1.82, 2.24) is 20.5 Å². The fourth-order valence-corrected chi connectivity index (χ4v) is 2.47. The van der Waals surface area contributed by atoms with Crippen molar-refractivity contribution in [2.45, 2.75) is 57.9 Å². The summed E-state index contributed by atoms with van der Waals surface area (Å²) >= 11 is 0. The molecule has 4 N–H and O–H groups in total. The summed E-state index contributed by atoms with van der Waals surface area (Å²) in [6.45, 7) is 6.00. The zero-order valence-electron chi connectivity index (χ0n) is 12.8. The molecule has 2 rings (SSSR count). The molecule has 21 heavy (non-hydrogen) atoms. The predicted molar refractivity (Wildman–Crippen MR) is 77.5 cm³/mol. The van der Waals surface area contributed by atoms with Gasteiger partial charge in [0.15, 0.2) is 0 Å². The fraction of sp³-hybridized carbons (Fsp3) is 0.714. The summed E-state index contributed by atoms with van der Waals surface area (Å²) in [6, 6.07) is 0.0599. The molecule has 1 aromatic heterocycles. The molecule has 0 saturated heterocycles. The van der Waals surface area contributed by atoms with Crippen LogP contribution < -0.4 is 11.1 Å². The van der Waals surface area contributed by atoms with E-state index in [9.17, 15) is 9.59 Å². The maximum atomic E-state index is 12.1. The molecule has 7 nitrogen and oxygen atoms in total. The van der Waals surface area contributed by atoms with Crippen molar-refractivity contribution in [3.8, 4) is 0 Å². The van der Waals surface area contributed by atoms with Crippen LogP contribution in [-0.2, 0) is 10.2 Å². The van der Waals surface area contributed by atoms with Crippen LogP contribution in [0.5, 0.6) is 0 Å². The number of H-pyrrole nitrogens is 1. The van der Waals surface area contributed by atoms with Crippen molar-refractivity contribution in [3.63, 3.8) is 0 Å². The van der Waals surface area contributed by atoms with Crippen LogP contribution in [0.15, 0.2) is 0 Å². The van der Waals surface area contributed by atoms with Crippen molar-refractivity contribution in [2.24, 2.45) is 11.7 Å². The third kappa shape index (κ3) is 3.80. The molecule has 116 valence electrons. The van der Waals surface area contributed by atoms with E-state index in [1.54, 1.807) is 0 Å². The Balaban J connectivity index is 1.91. The highest BCUT2D eigenvalue weighted by Crippen LogP contribution is 2.24. The summed E-state index contributed by atoms with van der Waals surface area (Å²) in [7, 11) is 0. The monoisotopic (exact) mass is 293 g/mol. The molecule has 0 aliphatic heterocycles. The van der Waals surface area contributed by atoms with E-state index in [1.807, 2.05) is 20.8 Å². The lowest BCUT2D eigenvalue weighted by molar-refractivity contribution is -0.122. The van der Waals surface area contributed by atoms with Crippen LogP contribution in [0.4, 0.5) is 0 Å². The first-order chi connectivity index (χ1) is 9.77. The molecule has 7 heteroatoms. The van der Waals surface area contributed by atoms with Gasteiger partial charge in [-0.3, -0.25) is 14.7 Å². The molecular formula is C14H23N5O2. The van der Waals surface area contributed by atoms with Gasteiger partial charge in [-0.2, -0.15) is 0 Å². The van der Waals surface area contributed by atoms with Gasteiger partial charge in [0.25, 0.3) is 5.91 Å². The minimum absolute atomic E-state index is 0.0599. The van der Waals surface area contributed by atoms with E-state index in [0.29, 0.717) is 5.82 Å². The van der Waals surface area contributed by atoms with Gasteiger partial charge in [0.1, 0.15) is 5.82 Å². The number of hydrogen-bond acceptors (Lipinski definition) is 4. The number of rotatable bonds is 3. The van der Waals surface area contributed by atoms with Crippen LogP contribution in [0.25, 0.3) is 0 Å². The Hall–Kier alpha value is -1.92. The van der Waals surface area contributed by atoms with Crippen LogP contribution in [0.2, 0.25) is 0 Å². The highest BCUT2D eigenvalue weighted by molar-refractivity contribution is 5.90. The molecule has 0 bridgehead atoms. The number of amides is 2. The average molecular weight is 293 g/mol. The third-order valence-electron chi connectivity index (χ3n) is 3.86. The summed E-state index contributed by atoms with van der Waals surface area (Å²) < 4.78 is 0. The number of aromatic amines is 1. The lowest BCUT2D eigenvalue weighted by Crippen LogP contribution is -2.40. The maximum Gasteiger partial charge on any atom is 0.291 e. The van der Waals surface area contributed by atoms with E-state index in [-0.39, 0.29) is 35.0 Å². The molecule has 1 heterocycles. The SMILES string of the molecule is CC(C)(C)c1nc(C(=O)NC2CCC(C(N)=O)CC2)n[nH]1. The molecule has 0 aromatic carbocycles. The highest BCUT2D eigenvalue weighted by atomic mass is 16.2. The van der Waals surface area contributed by atoms with Gasteiger partial charge in [0.2, 0.25) is 11.7 Å². The minimum Gasteiger partial charge on any atom is -0.369 e. The largest absolute Gasteiger partial charge is 0.369 e. The quantitative estimate of drug-likeness (QED) is 0.767. The number of aromatic nitrogens is 3. The normalized spacial score (nSPS) is 22.8. The Morgan fingerprint density at radius 3 is 2.33 bits per heavy atom. The third-order valence-corrected chi connectivity index (χ3v) is 3.86. The zero-order valence-corrected chi connectivity index (χ0v) is 12.8. The van der Waals surface area contributed by atoms with E-state index in [4.69, 9.17) is 5.73 Å². The van der Waals surface area contributed by atoms with Crippen molar-refractivity contribution in [1.29, 1.82) is 0 Å². The smallest absolute Gasteiger partial charge is 0.291 e. The molecule has 0 unspecified atom stereocenters. The van der Waals surface area contributed by atoms with Gasteiger partial charge in [-0.15, -0.1) is 5.10 Å². The molecule has 0 atom stereocenters. The van der Waals surface area contributed by atoms with Crippen LogP contribution in [0.1, 0.15) is 62.9 Å². The van der Waals surface area contributed by atoms with Crippen molar-refractivity contribution < 1.29 is 9.59 Å². The number of nitrogens with two attached hydrogens (primary N) is 1. The van der Waals surface area contributed by atoms with Crippen LogP contribution in [0.3, 0.4) is 0 Å². The standard InChI is InChI=1S/C14H23N5O2/c1-14(2,3)13-17-11(18-19-13)12(21)16-9-6-4-8(5-7-9)10(15)20/h8-9H,4-7H2,1-3H3,(H2,15,20)(H,16,21)(H,17,18,19). The van der Waals surface area contributed by atoms with Gasteiger partial charge in [-0.25, -0.2) is 4.98 Å². The molecular weight excluding hydrogens is 270 g/mol. The number of nitrogens with zero attached hydrogens (tertiary/aromatic N) is 2. The first kappa shape index (κ1) is 15.5. The summed E-state index contributed by atoms with van der Waals surface area (Å²) in [4.78, 5) is 27.5. The number of hydrogen-bond donors (Lipinski definition) is 3. The van der Waals surface area contributed by atoms with Crippen LogP contribution >= 0.6 is 0 Å². The summed E-state index contributed by atoms with van der Waals surface area (Å²) in [5.41, 5.74) is 5.12. The van der Waals surface area contributed by atoms with Crippen LogP contribution in [0, 0.1) is 5.92 Å². The van der Waals surface area contributed by atoms with Gasteiger partial charge < -0.3 is 11.1 Å². The topological polar surface area (TPSA) is 114 Å². The average Bonchev–Trinajstić information content (AvgIpc) is 2.88. The second kappa shape index (κ2) is 5.83. The fourth-order valence-electron chi connectivity index (χ4n) is 2.47. The lowest BCUT2D eigenvalue weighted by atomic mass is 9.85. The Morgan fingerprint density at radius 2 is 1.86 bits per heavy atom. The van der Waals surface area contributed by atoms with Gasteiger partial charge >= 0.3 is 0 Å². The van der Waals surface area contributed by atoms with E-state index >= 15 is 0 Å². The van der Waals surface area contributed by atoms with E-state index in [2.05, 4.69) is 20.5 Å². The number of carbonyl (C=O) groups is 2. The van der Waals surface area contributed by atoms with E-state index in [0.717, 1.165) is 25.7 Å². The number of primary amides is 1. The van der Waals surface area contributed by atoms with Gasteiger partial charge in [-0.05, 0) is 25.7 Å². The molecule has 1 aliphatic carbocycles.